The van der Waals surface area contributed by atoms with Crippen LogP contribution in [-0.4, -0.2) is 23.9 Å². The minimum absolute atomic E-state index is 0.0645. The lowest BCUT2D eigenvalue weighted by Crippen LogP contribution is -2.14. The Morgan fingerprint density at radius 3 is 2.88 bits per heavy atom. The van der Waals surface area contributed by atoms with Crippen LogP contribution in [-0.2, 0) is 5.75 Å². The van der Waals surface area contributed by atoms with Crippen LogP contribution in [0.15, 0.2) is 23.4 Å². The van der Waals surface area contributed by atoms with Gasteiger partial charge in [0.15, 0.2) is 5.84 Å². The van der Waals surface area contributed by atoms with Gasteiger partial charge >= 0.3 is 0 Å². The summed E-state index contributed by atoms with van der Waals surface area (Å²) in [5.74, 6) is 2.79. The molecule has 4 nitrogen and oxygen atoms in total. The number of ether oxygens (including phenoxy) is 1. The minimum Gasteiger partial charge on any atom is -0.496 e. The van der Waals surface area contributed by atoms with Crippen molar-refractivity contribution in [3.8, 4) is 5.75 Å². The summed E-state index contributed by atoms with van der Waals surface area (Å²) < 4.78 is 5.23. The van der Waals surface area contributed by atoms with Crippen LogP contribution in [0.2, 0.25) is 0 Å². The van der Waals surface area contributed by atoms with Crippen molar-refractivity contribution in [2.24, 2.45) is 10.9 Å². The van der Waals surface area contributed by atoms with Crippen LogP contribution >= 0.6 is 11.8 Å². The van der Waals surface area contributed by atoms with Gasteiger partial charge in [0.2, 0.25) is 0 Å². The van der Waals surface area contributed by atoms with E-state index in [1.807, 2.05) is 30.0 Å². The molecule has 0 bridgehead atoms. The molecular formula is C12H18N2O2S. The zero-order valence-corrected chi connectivity index (χ0v) is 11.0. The number of methoxy groups -OCH3 is 1. The summed E-state index contributed by atoms with van der Waals surface area (Å²) in [7, 11) is 1.58. The summed E-state index contributed by atoms with van der Waals surface area (Å²) in [6.07, 6.45) is 1.17. The molecule has 17 heavy (non-hydrogen) atoms. The molecule has 0 atom stereocenters. The van der Waals surface area contributed by atoms with E-state index in [1.54, 1.807) is 7.11 Å². The van der Waals surface area contributed by atoms with Crippen molar-refractivity contribution in [1.29, 1.82) is 0 Å². The number of amidine groups is 1. The number of hydrogen-bond donors (Lipinski definition) is 2. The van der Waals surface area contributed by atoms with E-state index in [2.05, 4.69) is 12.1 Å². The molecule has 0 aliphatic heterocycles. The highest BCUT2D eigenvalue weighted by Gasteiger charge is 2.08. The van der Waals surface area contributed by atoms with Gasteiger partial charge < -0.3 is 15.7 Å². The maximum atomic E-state index is 8.65. The number of nitrogens with zero attached hydrogens (tertiary/aromatic N) is 1. The van der Waals surface area contributed by atoms with Gasteiger partial charge in [0.05, 0.1) is 12.7 Å². The van der Waals surface area contributed by atoms with Gasteiger partial charge in [-0.3, -0.25) is 0 Å². The Bertz CT molecular complexity index is 394. The molecule has 1 aromatic carbocycles. The van der Waals surface area contributed by atoms with Crippen LogP contribution in [0.3, 0.4) is 0 Å². The fourth-order valence-electron chi connectivity index (χ4n) is 1.43. The van der Waals surface area contributed by atoms with E-state index < -0.39 is 0 Å². The van der Waals surface area contributed by atoms with Crippen LogP contribution in [0, 0.1) is 0 Å². The highest BCUT2D eigenvalue weighted by Crippen LogP contribution is 2.23. The Hall–Kier alpha value is -1.36. The number of benzene rings is 1. The average molecular weight is 254 g/mol. The molecule has 0 heterocycles. The van der Waals surface area contributed by atoms with Crippen LogP contribution in [0.25, 0.3) is 0 Å². The third-order valence-corrected chi connectivity index (χ3v) is 3.50. The van der Waals surface area contributed by atoms with E-state index in [0.717, 1.165) is 11.5 Å². The molecule has 0 radical (unpaired) electrons. The van der Waals surface area contributed by atoms with Crippen LogP contribution in [0.4, 0.5) is 0 Å². The second-order valence-electron chi connectivity index (χ2n) is 3.57. The van der Waals surface area contributed by atoms with Gasteiger partial charge in [0.1, 0.15) is 5.75 Å². The molecular weight excluding hydrogens is 236 g/mol. The highest BCUT2D eigenvalue weighted by molar-refractivity contribution is 7.98. The number of hydrogen-bond acceptors (Lipinski definition) is 4. The smallest absolute Gasteiger partial charge is 0.173 e. The summed E-state index contributed by atoms with van der Waals surface area (Å²) in [5.41, 5.74) is 7.34. The molecule has 94 valence electrons. The quantitative estimate of drug-likeness (QED) is 0.269. The zero-order chi connectivity index (χ0) is 12.7. The lowest BCUT2D eigenvalue weighted by molar-refractivity contribution is 0.318. The first-order valence-electron chi connectivity index (χ1n) is 5.45. The second-order valence-corrected chi connectivity index (χ2v) is 4.68. The van der Waals surface area contributed by atoms with E-state index >= 15 is 0 Å². The molecule has 1 rings (SSSR count). The average Bonchev–Trinajstić information content (AvgIpc) is 2.38. The zero-order valence-electron chi connectivity index (χ0n) is 10.1. The first-order chi connectivity index (χ1) is 8.22. The largest absolute Gasteiger partial charge is 0.496 e. The molecule has 3 N–H and O–H groups in total. The van der Waals surface area contributed by atoms with Crippen LogP contribution in [0.5, 0.6) is 5.75 Å². The Morgan fingerprint density at radius 2 is 2.29 bits per heavy atom. The highest BCUT2D eigenvalue weighted by atomic mass is 32.2. The first-order valence-corrected chi connectivity index (χ1v) is 6.61. The second kappa shape index (κ2) is 7.06. The lowest BCUT2D eigenvalue weighted by atomic mass is 10.1. The van der Waals surface area contributed by atoms with Crippen LogP contribution in [0.1, 0.15) is 24.5 Å². The summed E-state index contributed by atoms with van der Waals surface area (Å²) >= 11 is 1.88. The van der Waals surface area contributed by atoms with E-state index in [4.69, 9.17) is 15.7 Å². The molecule has 5 heteroatoms. The maximum Gasteiger partial charge on any atom is 0.173 e. The van der Waals surface area contributed by atoms with Crippen molar-refractivity contribution in [2.75, 3.05) is 12.9 Å². The van der Waals surface area contributed by atoms with Gasteiger partial charge in [-0.15, -0.1) is 0 Å². The lowest BCUT2D eigenvalue weighted by Gasteiger charge is -2.09. The van der Waals surface area contributed by atoms with Gasteiger partial charge in [0, 0.05) is 5.75 Å². The van der Waals surface area contributed by atoms with Gasteiger partial charge in [-0.2, -0.15) is 11.8 Å². The third kappa shape index (κ3) is 3.85. The fourth-order valence-corrected chi connectivity index (χ4v) is 2.27. The Labute approximate surface area is 106 Å². The monoisotopic (exact) mass is 254 g/mol. The summed E-state index contributed by atoms with van der Waals surface area (Å²) in [4.78, 5) is 0. The van der Waals surface area contributed by atoms with Crippen molar-refractivity contribution in [1.82, 2.24) is 0 Å². The van der Waals surface area contributed by atoms with E-state index in [-0.39, 0.29) is 5.84 Å². The van der Waals surface area contributed by atoms with Crippen molar-refractivity contribution < 1.29 is 9.94 Å². The van der Waals surface area contributed by atoms with Gasteiger partial charge in [-0.1, -0.05) is 18.1 Å². The normalized spacial score (nSPS) is 11.5. The Kier molecular flexibility index (Phi) is 5.69. The Balaban J connectivity index is 2.85. The van der Waals surface area contributed by atoms with E-state index in [0.29, 0.717) is 11.3 Å². The summed E-state index contributed by atoms with van der Waals surface area (Å²) in [5, 5.41) is 11.6. The van der Waals surface area contributed by atoms with E-state index in [9.17, 15) is 0 Å². The van der Waals surface area contributed by atoms with E-state index in [1.165, 1.54) is 12.0 Å². The first kappa shape index (κ1) is 13.7. The molecule has 0 spiro atoms. The van der Waals surface area contributed by atoms with Crippen LogP contribution < -0.4 is 10.5 Å². The SMILES string of the molecule is CCCSCc1ccc(/C(N)=N/O)c(OC)c1. The standard InChI is InChI=1S/C12H18N2O2S/c1-3-6-17-8-9-4-5-10(12(13)14-15)11(7-9)16-2/h4-5,7,15H,3,6,8H2,1-2H3,(H2,13,14). The maximum absolute atomic E-state index is 8.65. The van der Waals surface area contributed by atoms with Crippen molar-refractivity contribution in [3.05, 3.63) is 29.3 Å². The Morgan fingerprint density at radius 1 is 1.53 bits per heavy atom. The van der Waals surface area contributed by atoms with Crippen molar-refractivity contribution >= 4 is 17.6 Å². The number of rotatable bonds is 6. The third-order valence-electron chi connectivity index (χ3n) is 2.27. The summed E-state index contributed by atoms with van der Waals surface area (Å²) in [6.45, 7) is 2.16. The molecule has 0 aromatic heterocycles. The van der Waals surface area contributed by atoms with Gasteiger partial charge in [0.25, 0.3) is 0 Å². The number of thioether (sulfide) groups is 1. The predicted molar refractivity (Wildman–Crippen MR) is 72.0 cm³/mol. The van der Waals surface area contributed by atoms with Crippen molar-refractivity contribution in [3.63, 3.8) is 0 Å². The number of nitrogens with two attached hydrogens (primary N) is 1. The molecule has 0 aliphatic carbocycles. The molecule has 0 aliphatic rings. The topological polar surface area (TPSA) is 67.8 Å². The molecule has 0 saturated carbocycles. The molecule has 0 saturated heterocycles. The molecule has 0 unspecified atom stereocenters. The predicted octanol–water partition coefficient (Wildman–Crippen LogP) is 2.43. The molecule has 0 fully saturated rings. The summed E-state index contributed by atoms with van der Waals surface area (Å²) in [6, 6.07) is 5.71. The van der Waals surface area contributed by atoms with Gasteiger partial charge in [-0.05, 0) is 29.9 Å². The molecule has 0 amide bonds. The molecule has 1 aromatic rings. The van der Waals surface area contributed by atoms with Crippen molar-refractivity contribution in [2.45, 2.75) is 19.1 Å². The minimum atomic E-state index is 0.0645. The van der Waals surface area contributed by atoms with Gasteiger partial charge in [-0.25, -0.2) is 0 Å². The number of oxime groups is 1. The fraction of sp³-hybridized carbons (Fsp3) is 0.417.